The van der Waals surface area contributed by atoms with E-state index in [1.165, 1.54) is 12.7 Å². The Labute approximate surface area is 114 Å². The maximum atomic E-state index is 11.8. The number of esters is 1. The molecule has 1 saturated heterocycles. The van der Waals surface area contributed by atoms with E-state index in [9.17, 15) is 4.79 Å². The Kier molecular flexibility index (Phi) is 3.56. The number of likely N-dealkylation sites (tertiary alicyclic amines) is 1. The Morgan fingerprint density at radius 2 is 2.11 bits per heavy atom. The fourth-order valence-electron chi connectivity index (χ4n) is 3.70. The average molecular weight is 259 g/mol. The van der Waals surface area contributed by atoms with Crippen molar-refractivity contribution in [2.24, 2.45) is 11.8 Å². The van der Waals surface area contributed by atoms with Gasteiger partial charge in [0.1, 0.15) is 0 Å². The standard InChI is InChI=1S/C16H21NO2/c1-19-16(18)15-8-7-14-9-13(15)11-17(14)10-12-5-3-2-4-6-12/h2-6,13-15H,7-11H2,1H3/t13-,14+,15-/m1/s1. The number of rotatable bonds is 3. The van der Waals surface area contributed by atoms with Crippen LogP contribution < -0.4 is 0 Å². The number of carbonyl (C=O) groups excluding carboxylic acids is 1. The molecule has 3 atom stereocenters. The highest BCUT2D eigenvalue weighted by atomic mass is 16.5. The van der Waals surface area contributed by atoms with E-state index in [1.54, 1.807) is 0 Å². The lowest BCUT2D eigenvalue weighted by atomic mass is 9.80. The van der Waals surface area contributed by atoms with Crippen molar-refractivity contribution in [3.05, 3.63) is 35.9 Å². The van der Waals surface area contributed by atoms with Crippen molar-refractivity contribution in [3.8, 4) is 0 Å². The van der Waals surface area contributed by atoms with Gasteiger partial charge in [-0.25, -0.2) is 0 Å². The van der Waals surface area contributed by atoms with Crippen molar-refractivity contribution in [3.63, 3.8) is 0 Å². The van der Waals surface area contributed by atoms with E-state index in [0.29, 0.717) is 12.0 Å². The van der Waals surface area contributed by atoms with Crippen molar-refractivity contribution < 1.29 is 9.53 Å². The Hall–Kier alpha value is -1.35. The SMILES string of the molecule is COC(=O)[C@@H]1CC[C@H]2C[C@@H]1CN2Cc1ccccc1. The van der Waals surface area contributed by atoms with Crippen LogP contribution in [0.5, 0.6) is 0 Å². The lowest BCUT2D eigenvalue weighted by Crippen LogP contribution is -2.30. The fraction of sp³-hybridized carbons (Fsp3) is 0.562. The molecule has 2 bridgehead atoms. The number of ether oxygens (including phenoxy) is 1. The second kappa shape index (κ2) is 5.33. The van der Waals surface area contributed by atoms with Crippen LogP contribution >= 0.6 is 0 Å². The van der Waals surface area contributed by atoms with Crippen molar-refractivity contribution in [2.45, 2.75) is 31.8 Å². The first kappa shape index (κ1) is 12.7. The summed E-state index contributed by atoms with van der Waals surface area (Å²) in [6.07, 6.45) is 3.28. The minimum atomic E-state index is -0.00925. The second-order valence-corrected chi connectivity index (χ2v) is 5.77. The van der Waals surface area contributed by atoms with Crippen molar-refractivity contribution in [1.82, 2.24) is 4.90 Å². The molecule has 0 aromatic heterocycles. The van der Waals surface area contributed by atoms with Crippen LogP contribution in [0, 0.1) is 11.8 Å². The number of hydrogen-bond acceptors (Lipinski definition) is 3. The summed E-state index contributed by atoms with van der Waals surface area (Å²) in [5.74, 6) is 0.613. The molecule has 1 aromatic carbocycles. The van der Waals surface area contributed by atoms with E-state index in [2.05, 4.69) is 35.2 Å². The zero-order valence-corrected chi connectivity index (χ0v) is 11.4. The predicted octanol–water partition coefficient (Wildman–Crippen LogP) is 2.46. The zero-order chi connectivity index (χ0) is 13.2. The number of carbonyl (C=O) groups is 1. The molecule has 1 aromatic rings. The molecule has 0 N–H and O–H groups in total. The molecule has 2 aliphatic rings. The molecule has 19 heavy (non-hydrogen) atoms. The van der Waals surface area contributed by atoms with Gasteiger partial charge in [0.05, 0.1) is 13.0 Å². The van der Waals surface area contributed by atoms with Gasteiger partial charge < -0.3 is 4.74 Å². The van der Waals surface area contributed by atoms with E-state index in [-0.39, 0.29) is 11.9 Å². The molecule has 1 aliphatic carbocycles. The van der Waals surface area contributed by atoms with Gasteiger partial charge in [0.25, 0.3) is 0 Å². The van der Waals surface area contributed by atoms with Gasteiger partial charge >= 0.3 is 5.97 Å². The van der Waals surface area contributed by atoms with E-state index in [1.807, 2.05) is 0 Å². The van der Waals surface area contributed by atoms with Crippen molar-refractivity contribution in [2.75, 3.05) is 13.7 Å². The second-order valence-electron chi connectivity index (χ2n) is 5.77. The lowest BCUT2D eigenvalue weighted by molar-refractivity contribution is -0.148. The van der Waals surface area contributed by atoms with Crippen LogP contribution in [-0.4, -0.2) is 30.6 Å². The van der Waals surface area contributed by atoms with Gasteiger partial charge in [-0.1, -0.05) is 30.3 Å². The third-order valence-electron chi connectivity index (χ3n) is 4.67. The highest BCUT2D eigenvalue weighted by Crippen LogP contribution is 2.40. The topological polar surface area (TPSA) is 29.5 Å². The molecule has 1 aliphatic heterocycles. The quantitative estimate of drug-likeness (QED) is 0.781. The third kappa shape index (κ3) is 2.52. The minimum Gasteiger partial charge on any atom is -0.469 e. The third-order valence-corrected chi connectivity index (χ3v) is 4.67. The summed E-state index contributed by atoms with van der Waals surface area (Å²) in [4.78, 5) is 14.3. The zero-order valence-electron chi connectivity index (χ0n) is 11.4. The monoisotopic (exact) mass is 259 g/mol. The van der Waals surface area contributed by atoms with Crippen molar-refractivity contribution >= 4 is 5.97 Å². The van der Waals surface area contributed by atoms with Gasteiger partial charge in [0, 0.05) is 19.1 Å². The predicted molar refractivity (Wildman–Crippen MR) is 73.5 cm³/mol. The van der Waals surface area contributed by atoms with Gasteiger partial charge in [0.2, 0.25) is 0 Å². The molecule has 0 spiro atoms. The van der Waals surface area contributed by atoms with Crippen LogP contribution in [0.2, 0.25) is 0 Å². The normalized spacial score (nSPS) is 30.3. The molecule has 3 nitrogen and oxygen atoms in total. The van der Waals surface area contributed by atoms with Crippen LogP contribution in [0.25, 0.3) is 0 Å². The summed E-state index contributed by atoms with van der Waals surface area (Å²) in [5, 5.41) is 0. The van der Waals surface area contributed by atoms with Crippen LogP contribution in [0.15, 0.2) is 30.3 Å². The molecule has 3 heteroatoms. The minimum absolute atomic E-state index is 0.00925. The number of methoxy groups -OCH3 is 1. The van der Waals surface area contributed by atoms with Crippen LogP contribution in [0.1, 0.15) is 24.8 Å². The summed E-state index contributed by atoms with van der Waals surface area (Å²) in [6, 6.07) is 11.3. The first-order valence-electron chi connectivity index (χ1n) is 7.13. The fourth-order valence-corrected chi connectivity index (χ4v) is 3.70. The van der Waals surface area contributed by atoms with E-state index < -0.39 is 0 Å². The molecule has 1 saturated carbocycles. The maximum absolute atomic E-state index is 11.8. The molecule has 0 radical (unpaired) electrons. The number of nitrogens with zero attached hydrogens (tertiary/aromatic N) is 1. The number of fused-ring (bicyclic) bond motifs is 2. The van der Waals surface area contributed by atoms with E-state index in [4.69, 9.17) is 4.74 Å². The Morgan fingerprint density at radius 3 is 2.84 bits per heavy atom. The van der Waals surface area contributed by atoms with Gasteiger partial charge in [-0.05, 0) is 30.7 Å². The van der Waals surface area contributed by atoms with E-state index >= 15 is 0 Å². The first-order valence-corrected chi connectivity index (χ1v) is 7.13. The van der Waals surface area contributed by atoms with Gasteiger partial charge in [-0.2, -0.15) is 0 Å². The van der Waals surface area contributed by atoms with Crippen LogP contribution in [-0.2, 0) is 16.1 Å². The molecule has 1 heterocycles. The number of hydrogen-bond donors (Lipinski definition) is 0. The molecule has 0 amide bonds. The van der Waals surface area contributed by atoms with Crippen LogP contribution in [0.3, 0.4) is 0 Å². The average Bonchev–Trinajstić information content (AvgIpc) is 2.76. The molecule has 102 valence electrons. The molecular formula is C16H21NO2. The molecule has 0 unspecified atom stereocenters. The Morgan fingerprint density at radius 1 is 1.32 bits per heavy atom. The smallest absolute Gasteiger partial charge is 0.308 e. The lowest BCUT2D eigenvalue weighted by Gasteiger charge is -2.27. The summed E-state index contributed by atoms with van der Waals surface area (Å²) in [6.45, 7) is 2.05. The molecular weight excluding hydrogens is 238 g/mol. The number of benzene rings is 1. The Balaban J connectivity index is 1.66. The van der Waals surface area contributed by atoms with Crippen molar-refractivity contribution in [1.29, 1.82) is 0 Å². The maximum Gasteiger partial charge on any atom is 0.308 e. The summed E-state index contributed by atoms with van der Waals surface area (Å²) in [5.41, 5.74) is 1.37. The van der Waals surface area contributed by atoms with Gasteiger partial charge in [0.15, 0.2) is 0 Å². The summed E-state index contributed by atoms with van der Waals surface area (Å²) >= 11 is 0. The van der Waals surface area contributed by atoms with Gasteiger partial charge in [-0.3, -0.25) is 9.69 Å². The van der Waals surface area contributed by atoms with Crippen LogP contribution in [0.4, 0.5) is 0 Å². The highest BCUT2D eigenvalue weighted by molar-refractivity contribution is 5.73. The Bertz CT molecular complexity index is 445. The highest BCUT2D eigenvalue weighted by Gasteiger charge is 2.43. The summed E-state index contributed by atoms with van der Waals surface area (Å²) < 4.78 is 4.94. The largest absolute Gasteiger partial charge is 0.469 e. The molecule has 3 rings (SSSR count). The summed E-state index contributed by atoms with van der Waals surface area (Å²) in [7, 11) is 1.51. The molecule has 2 fully saturated rings. The first-order chi connectivity index (χ1) is 9.28. The van der Waals surface area contributed by atoms with E-state index in [0.717, 1.165) is 32.4 Å². The van der Waals surface area contributed by atoms with Gasteiger partial charge in [-0.15, -0.1) is 0 Å².